The van der Waals surface area contributed by atoms with Gasteiger partial charge in [0.05, 0.1) is 18.2 Å². The largest absolute Gasteiger partial charge is 0.481 e. The first-order chi connectivity index (χ1) is 16.3. The lowest BCUT2D eigenvalue weighted by atomic mass is 10.0. The normalized spacial score (nSPS) is 11.2. The number of hydrogen-bond donors (Lipinski definition) is 5. The number of carbonyl (C=O) groups is 4. The Labute approximate surface area is 198 Å². The smallest absolute Gasteiger partial charge is 0.320 e. The first kappa shape index (κ1) is 24.3. The summed E-state index contributed by atoms with van der Waals surface area (Å²) >= 11 is 1.02. The molecular weight excluding hydrogens is 460 g/mol. The predicted molar refractivity (Wildman–Crippen MR) is 126 cm³/mol. The van der Waals surface area contributed by atoms with Crippen LogP contribution >= 0.6 is 11.3 Å². The molecule has 11 nitrogen and oxygen atoms in total. The third-order valence-corrected chi connectivity index (χ3v) is 5.68. The summed E-state index contributed by atoms with van der Waals surface area (Å²) in [6.07, 6.45) is 2.73. The molecular formula is C22H22N6O5S. The molecule has 0 saturated heterocycles. The highest BCUT2D eigenvalue weighted by Crippen LogP contribution is 2.24. The van der Waals surface area contributed by atoms with Crippen molar-refractivity contribution >= 4 is 46.0 Å². The third kappa shape index (κ3) is 6.36. The number of nitrogens with one attached hydrogen (secondary N) is 4. The van der Waals surface area contributed by atoms with Gasteiger partial charge in [0, 0.05) is 30.7 Å². The Morgan fingerprint density at radius 2 is 1.88 bits per heavy atom. The molecule has 0 spiro atoms. The number of aliphatic carboxylic acids is 1. The first-order valence-corrected chi connectivity index (χ1v) is 10.9. The van der Waals surface area contributed by atoms with Gasteiger partial charge in [-0.3, -0.25) is 24.7 Å². The monoisotopic (exact) mass is 482 g/mol. The second-order valence-corrected chi connectivity index (χ2v) is 8.08. The van der Waals surface area contributed by atoms with Crippen LogP contribution in [0.4, 0.5) is 15.6 Å². The number of carboxylic acids is 1. The molecule has 5 N–H and O–H groups in total. The number of carbonyl (C=O) groups excluding carboxylic acids is 3. The molecule has 1 aromatic carbocycles. The number of nitrogens with zero attached hydrogens (tertiary/aromatic N) is 2. The molecule has 2 heterocycles. The average Bonchev–Trinajstić information content (AvgIpc) is 3.18. The van der Waals surface area contributed by atoms with Crippen LogP contribution in [0.5, 0.6) is 0 Å². The van der Waals surface area contributed by atoms with E-state index >= 15 is 0 Å². The second kappa shape index (κ2) is 11.0. The minimum Gasteiger partial charge on any atom is -0.481 e. The minimum atomic E-state index is -1.07. The fourth-order valence-electron chi connectivity index (χ4n) is 3.00. The quantitative estimate of drug-likeness (QED) is 0.330. The van der Waals surface area contributed by atoms with Crippen LogP contribution in [0.15, 0.2) is 48.8 Å². The first-order valence-electron chi connectivity index (χ1n) is 10.1. The molecule has 2 aromatic heterocycles. The number of anilines is 2. The van der Waals surface area contributed by atoms with E-state index in [0.717, 1.165) is 11.3 Å². The van der Waals surface area contributed by atoms with Crippen molar-refractivity contribution in [2.24, 2.45) is 0 Å². The van der Waals surface area contributed by atoms with Crippen LogP contribution in [-0.4, -0.2) is 45.9 Å². The number of hydrogen-bond acceptors (Lipinski definition) is 7. The Morgan fingerprint density at radius 1 is 1.09 bits per heavy atom. The molecule has 0 aliphatic carbocycles. The zero-order chi connectivity index (χ0) is 24.7. The van der Waals surface area contributed by atoms with Crippen LogP contribution < -0.4 is 21.3 Å². The van der Waals surface area contributed by atoms with Crippen molar-refractivity contribution in [1.82, 2.24) is 20.6 Å². The molecule has 12 heteroatoms. The summed E-state index contributed by atoms with van der Waals surface area (Å²) in [5.41, 5.74) is 1.60. The number of amides is 4. The Balaban J connectivity index is 1.73. The number of rotatable bonds is 8. The van der Waals surface area contributed by atoms with E-state index in [9.17, 15) is 24.3 Å². The lowest BCUT2D eigenvalue weighted by Gasteiger charge is -2.17. The molecule has 176 valence electrons. The summed E-state index contributed by atoms with van der Waals surface area (Å²) in [5.74, 6) is -2.02. The minimum absolute atomic E-state index is 0.236. The highest BCUT2D eigenvalue weighted by atomic mass is 32.1. The van der Waals surface area contributed by atoms with Crippen molar-refractivity contribution in [2.75, 3.05) is 17.7 Å². The van der Waals surface area contributed by atoms with Gasteiger partial charge in [0.15, 0.2) is 5.13 Å². The molecule has 3 rings (SSSR count). The van der Waals surface area contributed by atoms with Gasteiger partial charge in [0.25, 0.3) is 11.8 Å². The molecule has 34 heavy (non-hydrogen) atoms. The van der Waals surface area contributed by atoms with Gasteiger partial charge in [0.2, 0.25) is 0 Å². The van der Waals surface area contributed by atoms with Gasteiger partial charge in [-0.25, -0.2) is 9.78 Å². The van der Waals surface area contributed by atoms with Gasteiger partial charge in [-0.15, -0.1) is 0 Å². The number of pyridine rings is 1. The van der Waals surface area contributed by atoms with Crippen molar-refractivity contribution in [1.29, 1.82) is 0 Å². The Morgan fingerprint density at radius 3 is 2.56 bits per heavy atom. The van der Waals surface area contributed by atoms with Crippen LogP contribution in [-0.2, 0) is 4.79 Å². The number of benzene rings is 1. The molecule has 0 radical (unpaired) electrons. The van der Waals surface area contributed by atoms with E-state index in [1.54, 1.807) is 43.5 Å². The highest BCUT2D eigenvalue weighted by molar-refractivity contribution is 7.17. The maximum Gasteiger partial charge on any atom is 0.320 e. The maximum absolute atomic E-state index is 12.8. The van der Waals surface area contributed by atoms with Gasteiger partial charge in [-0.05, 0) is 36.8 Å². The van der Waals surface area contributed by atoms with Gasteiger partial charge in [-0.1, -0.05) is 23.5 Å². The van der Waals surface area contributed by atoms with E-state index in [1.165, 1.54) is 19.3 Å². The van der Waals surface area contributed by atoms with Gasteiger partial charge in [-0.2, -0.15) is 0 Å². The van der Waals surface area contributed by atoms with Crippen molar-refractivity contribution in [3.8, 4) is 0 Å². The zero-order valence-corrected chi connectivity index (χ0v) is 19.1. The lowest BCUT2D eigenvalue weighted by molar-refractivity contribution is -0.137. The van der Waals surface area contributed by atoms with Crippen LogP contribution in [0.1, 0.15) is 43.7 Å². The number of aryl methyl sites for hydroxylation is 1. The van der Waals surface area contributed by atoms with E-state index in [4.69, 9.17) is 0 Å². The van der Waals surface area contributed by atoms with Gasteiger partial charge >= 0.3 is 12.0 Å². The number of urea groups is 1. The van der Waals surface area contributed by atoms with Gasteiger partial charge in [0.1, 0.15) is 4.88 Å². The third-order valence-electron chi connectivity index (χ3n) is 4.60. The summed E-state index contributed by atoms with van der Waals surface area (Å²) in [6, 6.07) is 8.36. The van der Waals surface area contributed by atoms with Crippen molar-refractivity contribution in [2.45, 2.75) is 19.4 Å². The molecule has 1 atom stereocenters. The standard InChI is InChI=1S/C22H22N6O5S/c1-12-18(34-22(25-12)28-21(33)23-2)20(32)26-15-7-3-5-13(9-15)19(31)27-16(10-17(29)30)14-6-4-8-24-11-14/h3-9,11,16H,10H2,1-2H3,(H,26,32)(H,27,31)(H,29,30)(H2,23,25,28,33). The van der Waals surface area contributed by atoms with Crippen LogP contribution in [0.3, 0.4) is 0 Å². The van der Waals surface area contributed by atoms with Crippen molar-refractivity contribution in [3.63, 3.8) is 0 Å². The Hall–Kier alpha value is -4.32. The molecule has 1 unspecified atom stereocenters. The Kier molecular flexibility index (Phi) is 7.88. The molecule has 4 amide bonds. The summed E-state index contributed by atoms with van der Waals surface area (Å²) in [6.45, 7) is 1.64. The topological polar surface area (TPSA) is 162 Å². The average molecular weight is 483 g/mol. The SMILES string of the molecule is CNC(=O)Nc1nc(C)c(C(=O)Nc2cccc(C(=O)NC(CC(=O)O)c3cccnc3)c2)s1. The highest BCUT2D eigenvalue weighted by Gasteiger charge is 2.20. The van der Waals surface area contributed by atoms with Gasteiger partial charge < -0.3 is 21.1 Å². The summed E-state index contributed by atoms with van der Waals surface area (Å²) < 4.78 is 0. The van der Waals surface area contributed by atoms with E-state index < -0.39 is 29.9 Å². The number of aromatic nitrogens is 2. The number of carboxylic acid groups (broad SMARTS) is 1. The fourth-order valence-corrected chi connectivity index (χ4v) is 3.85. The van der Waals surface area contributed by atoms with E-state index in [2.05, 4.69) is 31.2 Å². The van der Waals surface area contributed by atoms with Crippen LogP contribution in [0.25, 0.3) is 0 Å². The van der Waals surface area contributed by atoms with E-state index in [1.807, 2.05) is 0 Å². The summed E-state index contributed by atoms with van der Waals surface area (Å²) in [5, 5.41) is 19.8. The molecule has 0 fully saturated rings. The van der Waals surface area contributed by atoms with Crippen LogP contribution in [0.2, 0.25) is 0 Å². The summed E-state index contributed by atoms with van der Waals surface area (Å²) in [4.78, 5) is 56.7. The second-order valence-electron chi connectivity index (χ2n) is 7.08. The van der Waals surface area contributed by atoms with Crippen molar-refractivity contribution < 1.29 is 24.3 Å². The number of thiazole rings is 1. The summed E-state index contributed by atoms with van der Waals surface area (Å²) in [7, 11) is 1.47. The fraction of sp³-hybridized carbons (Fsp3) is 0.182. The van der Waals surface area contributed by atoms with E-state index in [0.29, 0.717) is 21.8 Å². The maximum atomic E-state index is 12.8. The molecule has 0 aliphatic rings. The van der Waals surface area contributed by atoms with Crippen molar-refractivity contribution in [3.05, 3.63) is 70.5 Å². The lowest BCUT2D eigenvalue weighted by Crippen LogP contribution is -2.30. The molecule has 0 aliphatic heterocycles. The van der Waals surface area contributed by atoms with Crippen LogP contribution in [0, 0.1) is 6.92 Å². The molecule has 0 saturated carbocycles. The molecule has 3 aromatic rings. The zero-order valence-electron chi connectivity index (χ0n) is 18.3. The predicted octanol–water partition coefficient (Wildman–Crippen LogP) is 2.80. The van der Waals surface area contributed by atoms with E-state index in [-0.39, 0.29) is 17.1 Å². The Bertz CT molecular complexity index is 1210. The molecule has 0 bridgehead atoms.